The third kappa shape index (κ3) is 12.0. The molecule has 0 spiro atoms. The van der Waals surface area contributed by atoms with Crippen LogP contribution in [0.5, 0.6) is 5.75 Å². The highest BCUT2D eigenvalue weighted by Crippen LogP contribution is 2.31. The van der Waals surface area contributed by atoms with Crippen molar-refractivity contribution in [2.45, 2.75) is 38.3 Å². The molecule has 1 aliphatic rings. The van der Waals surface area contributed by atoms with Crippen molar-refractivity contribution in [1.29, 1.82) is 0 Å². The van der Waals surface area contributed by atoms with E-state index in [1.807, 2.05) is 12.1 Å². The third-order valence-corrected chi connectivity index (χ3v) is 7.83. The van der Waals surface area contributed by atoms with Gasteiger partial charge in [-0.2, -0.15) is 0 Å². The van der Waals surface area contributed by atoms with Gasteiger partial charge in [-0.1, -0.05) is 23.7 Å². The van der Waals surface area contributed by atoms with Gasteiger partial charge in [0, 0.05) is 51.0 Å². The van der Waals surface area contributed by atoms with Crippen LogP contribution < -0.4 is 15.4 Å². The van der Waals surface area contributed by atoms with E-state index < -0.39 is 18.3 Å². The maximum atomic E-state index is 13.7. The van der Waals surface area contributed by atoms with Gasteiger partial charge < -0.3 is 44.0 Å². The second-order valence-corrected chi connectivity index (χ2v) is 11.3. The molecule has 2 N–H and O–H groups in total. The standard InChI is InChI=1S/C33H46ClN3O9/c1-5-44-33(40)37(2)28(17-23-9-12-43-13-10-23)22-36-31(38)26-18-25(20-29(21-26)45-16-15-41-3)30(24-7-6-8-27(34)19-24)46-14-11-35-32(39)42-4/h6-8,18-21,23,28,30H,5,9-17,22H2,1-4H3,(H,35,39)(H,36,38). The van der Waals surface area contributed by atoms with E-state index in [0.29, 0.717) is 54.1 Å². The van der Waals surface area contributed by atoms with E-state index in [2.05, 4.69) is 15.4 Å². The van der Waals surface area contributed by atoms with Gasteiger partial charge in [0.2, 0.25) is 0 Å². The third-order valence-electron chi connectivity index (χ3n) is 7.59. The fourth-order valence-electron chi connectivity index (χ4n) is 5.12. The summed E-state index contributed by atoms with van der Waals surface area (Å²) in [6.45, 7) is 4.57. The molecule has 1 fully saturated rings. The summed E-state index contributed by atoms with van der Waals surface area (Å²) in [5.74, 6) is 0.469. The van der Waals surface area contributed by atoms with Crippen LogP contribution in [-0.4, -0.2) is 103 Å². The minimum absolute atomic E-state index is 0.149. The summed E-state index contributed by atoms with van der Waals surface area (Å²) in [6.07, 6.45) is 0.838. The number of hydrogen-bond donors (Lipinski definition) is 2. The number of ether oxygens (including phenoxy) is 6. The number of methoxy groups -OCH3 is 2. The highest BCUT2D eigenvalue weighted by atomic mass is 35.5. The van der Waals surface area contributed by atoms with Gasteiger partial charge in [-0.05, 0) is 73.6 Å². The molecule has 1 saturated heterocycles. The number of rotatable bonds is 17. The van der Waals surface area contributed by atoms with Crippen LogP contribution in [0.3, 0.4) is 0 Å². The molecule has 1 aliphatic heterocycles. The second kappa shape index (κ2) is 19.8. The Kier molecular flexibility index (Phi) is 15.9. The number of likely N-dealkylation sites (N-methyl/N-ethyl adjacent to an activating group) is 1. The number of nitrogens with zero attached hydrogens (tertiary/aromatic N) is 1. The van der Waals surface area contributed by atoms with Crippen molar-refractivity contribution in [2.24, 2.45) is 5.92 Å². The molecule has 2 aromatic carbocycles. The van der Waals surface area contributed by atoms with Gasteiger partial charge in [0.15, 0.2) is 0 Å². The number of carbonyl (C=O) groups excluding carboxylic acids is 3. The first-order valence-electron chi connectivity index (χ1n) is 15.5. The molecule has 0 bridgehead atoms. The lowest BCUT2D eigenvalue weighted by atomic mass is 9.92. The zero-order valence-corrected chi connectivity index (χ0v) is 27.8. The number of nitrogens with one attached hydrogen (secondary N) is 2. The predicted octanol–water partition coefficient (Wildman–Crippen LogP) is 4.83. The van der Waals surface area contributed by atoms with Crippen molar-refractivity contribution in [1.82, 2.24) is 15.5 Å². The minimum Gasteiger partial charge on any atom is -0.491 e. The van der Waals surface area contributed by atoms with Crippen molar-refractivity contribution in [3.63, 3.8) is 0 Å². The maximum absolute atomic E-state index is 13.7. The van der Waals surface area contributed by atoms with Crippen molar-refractivity contribution in [3.05, 3.63) is 64.2 Å². The van der Waals surface area contributed by atoms with Crippen LogP contribution in [0.2, 0.25) is 5.02 Å². The Bertz CT molecular complexity index is 1260. The van der Waals surface area contributed by atoms with E-state index in [4.69, 9.17) is 35.3 Å². The summed E-state index contributed by atoms with van der Waals surface area (Å²) < 4.78 is 32.7. The molecule has 254 valence electrons. The lowest BCUT2D eigenvalue weighted by Crippen LogP contribution is -2.46. The summed E-state index contributed by atoms with van der Waals surface area (Å²) in [5, 5.41) is 6.14. The van der Waals surface area contributed by atoms with Gasteiger partial charge in [0.05, 0.1) is 33.0 Å². The molecule has 0 saturated carbocycles. The average Bonchev–Trinajstić information content (AvgIpc) is 3.06. The summed E-state index contributed by atoms with van der Waals surface area (Å²) in [7, 11) is 4.56. The maximum Gasteiger partial charge on any atom is 0.409 e. The Balaban J connectivity index is 1.88. The topological polar surface area (TPSA) is 134 Å². The van der Waals surface area contributed by atoms with Gasteiger partial charge in [-0.3, -0.25) is 4.79 Å². The highest BCUT2D eigenvalue weighted by Gasteiger charge is 2.27. The predicted molar refractivity (Wildman–Crippen MR) is 173 cm³/mol. The summed E-state index contributed by atoms with van der Waals surface area (Å²) in [4.78, 5) is 39.5. The van der Waals surface area contributed by atoms with E-state index in [0.717, 1.165) is 18.4 Å². The van der Waals surface area contributed by atoms with Crippen LogP contribution in [0, 0.1) is 5.92 Å². The zero-order chi connectivity index (χ0) is 33.3. The minimum atomic E-state index is -0.646. The largest absolute Gasteiger partial charge is 0.491 e. The van der Waals surface area contributed by atoms with Gasteiger partial charge in [-0.15, -0.1) is 0 Å². The number of carbonyl (C=O) groups is 3. The number of amides is 3. The van der Waals surface area contributed by atoms with E-state index in [-0.39, 0.29) is 44.9 Å². The molecule has 46 heavy (non-hydrogen) atoms. The normalized spacial score (nSPS) is 14.5. The Morgan fingerprint density at radius 2 is 1.80 bits per heavy atom. The molecule has 3 amide bonds. The quantitative estimate of drug-likeness (QED) is 0.228. The summed E-state index contributed by atoms with van der Waals surface area (Å²) in [6, 6.07) is 12.1. The lowest BCUT2D eigenvalue weighted by molar-refractivity contribution is 0.0497. The second-order valence-electron chi connectivity index (χ2n) is 10.8. The van der Waals surface area contributed by atoms with Crippen LogP contribution >= 0.6 is 11.6 Å². The average molecular weight is 664 g/mol. The molecule has 0 aromatic heterocycles. The first kappa shape index (κ1) is 36.9. The fraction of sp³-hybridized carbons (Fsp3) is 0.545. The molecule has 2 atom stereocenters. The monoisotopic (exact) mass is 663 g/mol. The first-order valence-corrected chi connectivity index (χ1v) is 15.8. The van der Waals surface area contributed by atoms with Gasteiger partial charge in [-0.25, -0.2) is 9.59 Å². The van der Waals surface area contributed by atoms with Crippen molar-refractivity contribution in [2.75, 3.05) is 74.0 Å². The molecular formula is C33H46ClN3O9. The van der Waals surface area contributed by atoms with Crippen LogP contribution in [-0.2, 0) is 23.7 Å². The van der Waals surface area contributed by atoms with Gasteiger partial charge >= 0.3 is 12.2 Å². The molecule has 1 heterocycles. The Morgan fingerprint density at radius 1 is 1.02 bits per heavy atom. The molecule has 0 radical (unpaired) electrons. The number of benzene rings is 2. The summed E-state index contributed by atoms with van der Waals surface area (Å²) in [5.41, 5.74) is 1.73. The first-order chi connectivity index (χ1) is 22.2. The van der Waals surface area contributed by atoms with Crippen molar-refractivity contribution < 1.29 is 42.8 Å². The van der Waals surface area contributed by atoms with Gasteiger partial charge in [0.1, 0.15) is 18.5 Å². The highest BCUT2D eigenvalue weighted by molar-refractivity contribution is 6.30. The number of hydrogen-bond acceptors (Lipinski definition) is 9. The molecule has 13 heteroatoms. The SMILES string of the molecule is CCOC(=O)N(C)C(CNC(=O)c1cc(OCCOC)cc(C(OCCNC(=O)OC)c2cccc(Cl)c2)c1)CC1CCOCC1. The molecule has 2 aromatic rings. The molecule has 3 rings (SSSR count). The van der Waals surface area contributed by atoms with E-state index >= 15 is 0 Å². The molecular weight excluding hydrogens is 618 g/mol. The Labute approximate surface area is 275 Å². The van der Waals surface area contributed by atoms with Crippen molar-refractivity contribution >= 4 is 29.7 Å². The van der Waals surface area contributed by atoms with Crippen molar-refractivity contribution in [3.8, 4) is 5.75 Å². The Hall–Kier alpha value is -3.58. The van der Waals surface area contributed by atoms with Crippen LogP contribution in [0.15, 0.2) is 42.5 Å². The molecule has 12 nitrogen and oxygen atoms in total. The van der Waals surface area contributed by atoms with Crippen LogP contribution in [0.1, 0.15) is 53.8 Å². The number of alkyl carbamates (subject to hydrolysis) is 1. The number of halogens is 1. The fourth-order valence-corrected chi connectivity index (χ4v) is 5.32. The lowest BCUT2D eigenvalue weighted by Gasteiger charge is -2.32. The zero-order valence-electron chi connectivity index (χ0n) is 27.1. The van der Waals surface area contributed by atoms with Crippen LogP contribution in [0.25, 0.3) is 0 Å². The smallest absolute Gasteiger partial charge is 0.409 e. The van der Waals surface area contributed by atoms with Gasteiger partial charge in [0.25, 0.3) is 5.91 Å². The van der Waals surface area contributed by atoms with E-state index in [1.165, 1.54) is 7.11 Å². The molecule has 0 aliphatic carbocycles. The molecule has 2 unspecified atom stereocenters. The van der Waals surface area contributed by atoms with E-state index in [1.54, 1.807) is 56.3 Å². The summed E-state index contributed by atoms with van der Waals surface area (Å²) >= 11 is 6.33. The van der Waals surface area contributed by atoms with Crippen LogP contribution in [0.4, 0.5) is 9.59 Å². The Morgan fingerprint density at radius 3 is 2.50 bits per heavy atom. The van der Waals surface area contributed by atoms with E-state index in [9.17, 15) is 14.4 Å².